The third-order valence-electron chi connectivity index (χ3n) is 2.20. The maximum absolute atomic E-state index is 11.4. The van der Waals surface area contributed by atoms with Crippen LogP contribution in [0.5, 0.6) is 0 Å². The molecule has 0 saturated carbocycles. The second-order valence-electron chi connectivity index (χ2n) is 4.38. The van der Waals surface area contributed by atoms with E-state index in [2.05, 4.69) is 16.0 Å². The Balaban J connectivity index is 3.91. The molecule has 1 unspecified atom stereocenters. The van der Waals surface area contributed by atoms with Gasteiger partial charge < -0.3 is 21.1 Å². The third kappa shape index (κ3) is 8.50. The van der Waals surface area contributed by atoms with Crippen LogP contribution in [0.15, 0.2) is 0 Å². The van der Waals surface area contributed by atoms with Crippen molar-refractivity contribution in [3.05, 3.63) is 0 Å². The molecule has 17 heavy (non-hydrogen) atoms. The normalized spacial score (nSPS) is 12.2. The highest BCUT2D eigenvalue weighted by Crippen LogP contribution is 2.04. The Kier molecular flexibility index (Phi) is 8.13. The minimum absolute atomic E-state index is 0.223. The van der Waals surface area contributed by atoms with Crippen LogP contribution in [-0.2, 0) is 4.79 Å². The zero-order valence-corrected chi connectivity index (χ0v) is 10.7. The van der Waals surface area contributed by atoms with Gasteiger partial charge in [-0.3, -0.25) is 0 Å². The molecule has 0 heterocycles. The molecule has 0 radical (unpaired) electrons. The summed E-state index contributed by atoms with van der Waals surface area (Å²) >= 11 is 0. The van der Waals surface area contributed by atoms with E-state index in [9.17, 15) is 9.59 Å². The van der Waals surface area contributed by atoms with Crippen molar-refractivity contribution >= 4 is 12.0 Å². The first-order valence-electron chi connectivity index (χ1n) is 5.89. The molecule has 6 nitrogen and oxygen atoms in total. The van der Waals surface area contributed by atoms with Gasteiger partial charge in [-0.15, -0.1) is 0 Å². The zero-order chi connectivity index (χ0) is 13.3. The Hall–Kier alpha value is -1.30. The third-order valence-corrected chi connectivity index (χ3v) is 2.20. The van der Waals surface area contributed by atoms with Crippen molar-refractivity contribution in [3.63, 3.8) is 0 Å². The van der Waals surface area contributed by atoms with Gasteiger partial charge in [0.25, 0.3) is 0 Å². The molecule has 0 aliphatic rings. The number of carbonyl (C=O) groups excluding carboxylic acids is 1. The van der Waals surface area contributed by atoms with Gasteiger partial charge in [-0.25, -0.2) is 9.59 Å². The summed E-state index contributed by atoms with van der Waals surface area (Å²) in [7, 11) is 1.84. The molecule has 0 rings (SSSR count). The second-order valence-corrected chi connectivity index (χ2v) is 4.38. The fourth-order valence-corrected chi connectivity index (χ4v) is 1.37. The van der Waals surface area contributed by atoms with E-state index in [1.165, 1.54) is 0 Å². The minimum atomic E-state index is -0.996. The summed E-state index contributed by atoms with van der Waals surface area (Å²) in [6, 6.07) is -1.24. The van der Waals surface area contributed by atoms with Crippen LogP contribution in [0.4, 0.5) is 4.79 Å². The van der Waals surface area contributed by atoms with Crippen molar-refractivity contribution in [3.8, 4) is 0 Å². The van der Waals surface area contributed by atoms with E-state index in [1.54, 1.807) is 0 Å². The average molecular weight is 245 g/mol. The highest BCUT2D eigenvalue weighted by Gasteiger charge is 2.20. The van der Waals surface area contributed by atoms with E-state index in [1.807, 2.05) is 20.9 Å². The van der Waals surface area contributed by atoms with Gasteiger partial charge in [0.15, 0.2) is 0 Å². The van der Waals surface area contributed by atoms with Crippen LogP contribution < -0.4 is 16.0 Å². The lowest BCUT2D eigenvalue weighted by Gasteiger charge is -2.16. The number of rotatable bonds is 8. The quantitative estimate of drug-likeness (QED) is 0.466. The molecule has 0 saturated heterocycles. The molecule has 0 aliphatic carbocycles. The molecule has 6 heteroatoms. The smallest absolute Gasteiger partial charge is 0.326 e. The summed E-state index contributed by atoms with van der Waals surface area (Å²) in [5, 5.41) is 17.0. The van der Waals surface area contributed by atoms with Gasteiger partial charge in [0.1, 0.15) is 6.04 Å². The van der Waals surface area contributed by atoms with Crippen LogP contribution in [0.1, 0.15) is 26.7 Å². The van der Waals surface area contributed by atoms with Crippen molar-refractivity contribution in [2.75, 3.05) is 20.1 Å². The molecule has 0 aromatic rings. The van der Waals surface area contributed by atoms with Gasteiger partial charge >= 0.3 is 12.0 Å². The van der Waals surface area contributed by atoms with Crippen LogP contribution in [0.3, 0.4) is 0 Å². The number of nitrogens with one attached hydrogen (secondary N) is 3. The van der Waals surface area contributed by atoms with Crippen LogP contribution in [0.25, 0.3) is 0 Å². The number of hydrogen-bond donors (Lipinski definition) is 4. The zero-order valence-electron chi connectivity index (χ0n) is 10.7. The summed E-state index contributed by atoms with van der Waals surface area (Å²) in [6.07, 6.45) is 1.24. The van der Waals surface area contributed by atoms with Gasteiger partial charge in [-0.1, -0.05) is 13.8 Å². The Morgan fingerprint density at radius 2 is 1.88 bits per heavy atom. The standard InChI is InChI=1S/C11H23N3O3/c1-8(2)7-9(10(15)16)14-11(17)13-6-4-5-12-3/h8-9,12H,4-7H2,1-3H3,(H,15,16)(H2,13,14,17). The maximum atomic E-state index is 11.4. The van der Waals surface area contributed by atoms with Crippen LogP contribution in [0, 0.1) is 5.92 Å². The molecule has 0 bridgehead atoms. The number of urea groups is 1. The summed E-state index contributed by atoms with van der Waals surface area (Å²) < 4.78 is 0. The van der Waals surface area contributed by atoms with Crippen molar-refractivity contribution in [1.82, 2.24) is 16.0 Å². The van der Waals surface area contributed by atoms with E-state index >= 15 is 0 Å². The first-order chi connectivity index (χ1) is 7.97. The van der Waals surface area contributed by atoms with Gasteiger partial charge in [-0.2, -0.15) is 0 Å². The predicted octanol–water partition coefficient (Wildman–Crippen LogP) is 0.394. The van der Waals surface area contributed by atoms with Crippen LogP contribution in [0.2, 0.25) is 0 Å². The lowest BCUT2D eigenvalue weighted by molar-refractivity contribution is -0.139. The minimum Gasteiger partial charge on any atom is -0.480 e. The number of aliphatic carboxylic acids is 1. The number of carbonyl (C=O) groups is 2. The summed E-state index contributed by atoms with van der Waals surface area (Å²) in [5.74, 6) is -0.773. The number of hydrogen-bond acceptors (Lipinski definition) is 3. The Bertz CT molecular complexity index is 244. The topological polar surface area (TPSA) is 90.5 Å². The van der Waals surface area contributed by atoms with Crippen LogP contribution >= 0.6 is 0 Å². The van der Waals surface area contributed by atoms with E-state index < -0.39 is 18.0 Å². The van der Waals surface area contributed by atoms with E-state index in [0.717, 1.165) is 13.0 Å². The van der Waals surface area contributed by atoms with Crippen molar-refractivity contribution in [2.24, 2.45) is 5.92 Å². The highest BCUT2D eigenvalue weighted by molar-refractivity contribution is 5.82. The Morgan fingerprint density at radius 1 is 1.24 bits per heavy atom. The monoisotopic (exact) mass is 245 g/mol. The van der Waals surface area contributed by atoms with Crippen molar-refractivity contribution in [1.29, 1.82) is 0 Å². The molecule has 100 valence electrons. The van der Waals surface area contributed by atoms with Crippen LogP contribution in [-0.4, -0.2) is 43.3 Å². The van der Waals surface area contributed by atoms with Gasteiger partial charge in [-0.05, 0) is 32.4 Å². The number of amides is 2. The van der Waals surface area contributed by atoms with Gasteiger partial charge in [0.2, 0.25) is 0 Å². The second kappa shape index (κ2) is 8.81. The van der Waals surface area contributed by atoms with Gasteiger partial charge in [0.05, 0.1) is 0 Å². The van der Waals surface area contributed by atoms with E-state index in [0.29, 0.717) is 13.0 Å². The highest BCUT2D eigenvalue weighted by atomic mass is 16.4. The number of carboxylic acids is 1. The molecular weight excluding hydrogens is 222 g/mol. The summed E-state index contributed by atoms with van der Waals surface area (Å²) in [4.78, 5) is 22.3. The Labute approximate surface area is 102 Å². The van der Waals surface area contributed by atoms with Crippen molar-refractivity contribution in [2.45, 2.75) is 32.7 Å². The fourth-order valence-electron chi connectivity index (χ4n) is 1.37. The molecule has 4 N–H and O–H groups in total. The summed E-state index contributed by atoms with van der Waals surface area (Å²) in [5.41, 5.74) is 0. The molecule has 1 atom stereocenters. The average Bonchev–Trinajstić information content (AvgIpc) is 2.22. The molecule has 0 aromatic heterocycles. The fraction of sp³-hybridized carbons (Fsp3) is 0.818. The molecule has 0 aliphatic heterocycles. The number of carboxylic acid groups (broad SMARTS) is 1. The molecule has 0 spiro atoms. The predicted molar refractivity (Wildman–Crippen MR) is 66.0 cm³/mol. The SMILES string of the molecule is CNCCCNC(=O)NC(CC(C)C)C(=O)O. The van der Waals surface area contributed by atoms with Crippen molar-refractivity contribution < 1.29 is 14.7 Å². The molecule has 0 aromatic carbocycles. The first-order valence-corrected chi connectivity index (χ1v) is 5.89. The molecule has 2 amide bonds. The van der Waals surface area contributed by atoms with E-state index in [-0.39, 0.29) is 5.92 Å². The first kappa shape index (κ1) is 15.7. The Morgan fingerprint density at radius 3 is 2.35 bits per heavy atom. The molecular formula is C11H23N3O3. The van der Waals surface area contributed by atoms with E-state index in [4.69, 9.17) is 5.11 Å². The largest absolute Gasteiger partial charge is 0.480 e. The lowest BCUT2D eigenvalue weighted by Crippen LogP contribution is -2.46. The van der Waals surface area contributed by atoms with Gasteiger partial charge in [0, 0.05) is 6.54 Å². The molecule has 0 fully saturated rings. The summed E-state index contributed by atoms with van der Waals surface area (Å²) in [6.45, 7) is 5.18. The lowest BCUT2D eigenvalue weighted by atomic mass is 10.0. The maximum Gasteiger partial charge on any atom is 0.326 e.